The highest BCUT2D eigenvalue weighted by atomic mass is 19.1. The van der Waals surface area contributed by atoms with E-state index in [2.05, 4.69) is 31.1 Å². The van der Waals surface area contributed by atoms with Gasteiger partial charge < -0.3 is 20.3 Å². The second-order valence-electron chi connectivity index (χ2n) is 8.15. The maximum absolute atomic E-state index is 14.0. The van der Waals surface area contributed by atoms with Crippen LogP contribution >= 0.6 is 0 Å². The molecule has 31 heavy (non-hydrogen) atoms. The number of carbonyl (C=O) groups excluding carboxylic acids is 1. The Labute approximate surface area is 177 Å². The van der Waals surface area contributed by atoms with Crippen LogP contribution in [0.3, 0.4) is 0 Å². The fraction of sp³-hybridized carbons (Fsp3) is 0.684. The highest BCUT2D eigenvalue weighted by Crippen LogP contribution is 2.29. The lowest BCUT2D eigenvalue weighted by molar-refractivity contribution is -0.115. The van der Waals surface area contributed by atoms with E-state index in [0.717, 1.165) is 6.08 Å². The second kappa shape index (κ2) is 9.07. The highest BCUT2D eigenvalue weighted by Gasteiger charge is 2.44. The molecule has 0 bridgehead atoms. The third-order valence-electron chi connectivity index (χ3n) is 6.19. The van der Waals surface area contributed by atoms with Crippen LogP contribution in [-0.4, -0.2) is 84.4 Å². The maximum atomic E-state index is 14.0. The van der Waals surface area contributed by atoms with E-state index in [1.807, 2.05) is 0 Å². The molecule has 1 amide bonds. The lowest BCUT2D eigenvalue weighted by Crippen LogP contribution is -2.53. The van der Waals surface area contributed by atoms with Crippen molar-refractivity contribution in [2.24, 2.45) is 26.9 Å². The lowest BCUT2D eigenvalue weighted by Gasteiger charge is -2.31. The molecule has 2 aliphatic heterocycles. The van der Waals surface area contributed by atoms with Gasteiger partial charge in [-0.25, -0.2) is 13.8 Å². The predicted molar refractivity (Wildman–Crippen MR) is 108 cm³/mol. The first-order valence-corrected chi connectivity index (χ1v) is 10.3. The molecule has 4 aliphatic rings. The Bertz CT molecular complexity index is 834. The minimum Gasteiger partial charge on any atom is -0.390 e. The zero-order valence-electron chi connectivity index (χ0n) is 16.9. The van der Waals surface area contributed by atoms with Gasteiger partial charge in [0, 0.05) is 32.0 Å². The van der Waals surface area contributed by atoms with E-state index in [-0.39, 0.29) is 24.7 Å². The molecule has 0 saturated heterocycles. The molecule has 5 N–H and O–H groups in total. The Morgan fingerprint density at radius 1 is 1.39 bits per heavy atom. The van der Waals surface area contributed by atoms with E-state index < -0.39 is 54.2 Å². The van der Waals surface area contributed by atoms with Gasteiger partial charge in [0.25, 0.3) is 5.91 Å². The minimum atomic E-state index is -1.58. The van der Waals surface area contributed by atoms with Crippen molar-refractivity contribution in [1.29, 1.82) is 0 Å². The molecule has 1 fully saturated rings. The van der Waals surface area contributed by atoms with Crippen molar-refractivity contribution >= 4 is 23.8 Å². The molecule has 12 heteroatoms. The summed E-state index contributed by atoms with van der Waals surface area (Å²) in [4.78, 5) is 21.2. The summed E-state index contributed by atoms with van der Waals surface area (Å²) in [6.45, 7) is 0.00608. The quantitative estimate of drug-likeness (QED) is 0.364. The monoisotopic (exact) mass is 440 g/mol. The summed E-state index contributed by atoms with van der Waals surface area (Å²) in [5.74, 6) is -1.84. The number of nitrogens with one attached hydrogen (secondary N) is 3. The summed E-state index contributed by atoms with van der Waals surface area (Å²) in [7, 11) is 1.35. The smallest absolute Gasteiger partial charge is 0.268 e. The number of nitrogens with zero attached hydrogens (tertiary/aromatic N) is 3. The molecule has 1 saturated carbocycles. The van der Waals surface area contributed by atoms with Gasteiger partial charge in [0.1, 0.15) is 36.1 Å². The number of aliphatic imine (C=N–C) groups is 2. The number of halogens is 2. The van der Waals surface area contributed by atoms with E-state index in [1.165, 1.54) is 13.4 Å². The number of aliphatic hydroxyl groups is 2. The van der Waals surface area contributed by atoms with Gasteiger partial charge in [-0.3, -0.25) is 20.5 Å². The lowest BCUT2D eigenvalue weighted by atomic mass is 9.89. The molecule has 170 valence electrons. The number of hydrogen-bond acceptors (Lipinski definition) is 9. The molecule has 0 radical (unpaired) electrons. The number of methoxy groups -OCH3 is 1. The number of ether oxygens (including phenoxy) is 1. The van der Waals surface area contributed by atoms with Crippen LogP contribution in [0.25, 0.3) is 0 Å². The summed E-state index contributed by atoms with van der Waals surface area (Å²) in [5, 5.41) is 29.8. The van der Waals surface area contributed by atoms with Crippen molar-refractivity contribution in [3.05, 3.63) is 11.9 Å². The van der Waals surface area contributed by atoms with Crippen molar-refractivity contribution in [3.8, 4) is 0 Å². The van der Waals surface area contributed by atoms with Crippen molar-refractivity contribution in [2.75, 3.05) is 13.7 Å². The molecule has 4 rings (SSSR count). The Kier molecular flexibility index (Phi) is 6.42. The number of hydrogen-bond donors (Lipinski definition) is 5. The van der Waals surface area contributed by atoms with Crippen LogP contribution in [-0.2, 0) is 9.53 Å². The number of amidine groups is 1. The molecule has 0 aromatic heterocycles. The summed E-state index contributed by atoms with van der Waals surface area (Å²) in [5.41, 5.74) is 2.84. The van der Waals surface area contributed by atoms with Crippen molar-refractivity contribution in [2.45, 2.75) is 56.0 Å². The molecular weight excluding hydrogens is 414 g/mol. The fourth-order valence-electron chi connectivity index (χ4n) is 4.53. The number of fused-ring (bicyclic) bond motifs is 1. The average Bonchev–Trinajstić information content (AvgIpc) is 3.31. The molecule has 2 aliphatic carbocycles. The van der Waals surface area contributed by atoms with E-state index in [1.54, 1.807) is 0 Å². The van der Waals surface area contributed by atoms with Crippen LogP contribution in [0.5, 0.6) is 0 Å². The number of alkyl halides is 1. The Morgan fingerprint density at radius 2 is 2.19 bits per heavy atom. The standard InChI is InChI=1S/C19H26F2N6O4/c1-31-16-8(4-9(20)5-10(16)21)6-22-19(30)14-13-17(23-7-24-18(13)27-26-14)25-11-2-3-12(28)15(11)29/h5,7-8,10-13,15-17,25,28-29H,2-4,6H2,1H3,(H,22,30)(H,23,24,27)/t8?,10?,11-,12-,13?,15+,16?,17?/m1/s1. The zero-order valence-corrected chi connectivity index (χ0v) is 16.9. The first-order chi connectivity index (χ1) is 14.9. The summed E-state index contributed by atoms with van der Waals surface area (Å²) >= 11 is 0. The Balaban J connectivity index is 1.40. The number of amides is 1. The number of aliphatic hydroxyl groups excluding tert-OH is 2. The third-order valence-corrected chi connectivity index (χ3v) is 6.19. The Hall–Kier alpha value is -2.28. The van der Waals surface area contributed by atoms with Crippen molar-refractivity contribution in [1.82, 2.24) is 16.1 Å². The predicted octanol–water partition coefficient (Wildman–Crippen LogP) is -0.855. The molecule has 0 aromatic carbocycles. The molecule has 0 aromatic rings. The average molecular weight is 440 g/mol. The normalized spacial score (nSPS) is 39.3. The van der Waals surface area contributed by atoms with Crippen LogP contribution in [0.4, 0.5) is 8.78 Å². The van der Waals surface area contributed by atoms with Crippen molar-refractivity contribution < 1.29 is 28.5 Å². The number of hydrazone groups is 1. The van der Waals surface area contributed by atoms with Crippen LogP contribution in [0.1, 0.15) is 19.3 Å². The number of carbonyl (C=O) groups is 1. The molecular formula is C19H26F2N6O4. The largest absolute Gasteiger partial charge is 0.390 e. The summed E-state index contributed by atoms with van der Waals surface area (Å²) in [6, 6.07) is -0.387. The van der Waals surface area contributed by atoms with Gasteiger partial charge in [-0.2, -0.15) is 5.10 Å². The minimum absolute atomic E-state index is 0.00608. The topological polar surface area (TPSA) is 140 Å². The molecule has 5 unspecified atom stereocenters. The van der Waals surface area contributed by atoms with Crippen LogP contribution in [0, 0.1) is 11.8 Å². The van der Waals surface area contributed by atoms with E-state index in [0.29, 0.717) is 18.7 Å². The van der Waals surface area contributed by atoms with Gasteiger partial charge in [0.15, 0.2) is 0 Å². The molecule has 0 spiro atoms. The van der Waals surface area contributed by atoms with Gasteiger partial charge in [-0.1, -0.05) is 0 Å². The highest BCUT2D eigenvalue weighted by molar-refractivity contribution is 6.45. The zero-order chi connectivity index (χ0) is 22.1. The van der Waals surface area contributed by atoms with Crippen LogP contribution in [0.15, 0.2) is 27.0 Å². The van der Waals surface area contributed by atoms with Gasteiger partial charge in [-0.15, -0.1) is 0 Å². The maximum Gasteiger partial charge on any atom is 0.268 e. The van der Waals surface area contributed by atoms with Crippen LogP contribution in [0.2, 0.25) is 0 Å². The van der Waals surface area contributed by atoms with E-state index in [9.17, 15) is 23.8 Å². The number of allylic oxidation sites excluding steroid dienone is 1. The van der Waals surface area contributed by atoms with Crippen molar-refractivity contribution in [3.63, 3.8) is 0 Å². The summed E-state index contributed by atoms with van der Waals surface area (Å²) in [6.07, 6.45) is -1.58. The SMILES string of the molecule is COC1C(F)C=C(F)CC1CNC(=O)C1=NNC2=NC=NC(N[C@@H]3CC[C@@H](O)[C@H]3O)C21. The number of rotatable bonds is 6. The van der Waals surface area contributed by atoms with Gasteiger partial charge in [0.05, 0.1) is 24.1 Å². The molecule has 10 nitrogen and oxygen atoms in total. The van der Waals surface area contributed by atoms with E-state index >= 15 is 0 Å². The first-order valence-electron chi connectivity index (χ1n) is 10.3. The molecule has 8 atom stereocenters. The van der Waals surface area contributed by atoms with E-state index in [4.69, 9.17) is 4.74 Å². The van der Waals surface area contributed by atoms with Crippen LogP contribution < -0.4 is 16.1 Å². The Morgan fingerprint density at radius 3 is 2.90 bits per heavy atom. The molecule has 2 heterocycles. The first kappa shape index (κ1) is 21.9. The summed E-state index contributed by atoms with van der Waals surface area (Å²) < 4.78 is 32.9. The second-order valence-corrected chi connectivity index (χ2v) is 8.15. The van der Waals surface area contributed by atoms with Gasteiger partial charge in [0.2, 0.25) is 0 Å². The van der Waals surface area contributed by atoms with Gasteiger partial charge in [-0.05, 0) is 18.9 Å². The fourth-order valence-corrected chi connectivity index (χ4v) is 4.53. The third kappa shape index (κ3) is 4.38. The van der Waals surface area contributed by atoms with Gasteiger partial charge >= 0.3 is 0 Å².